The van der Waals surface area contributed by atoms with Crippen LogP contribution >= 0.6 is 0 Å². The minimum atomic E-state index is -0.227. The van der Waals surface area contributed by atoms with Crippen LogP contribution in [0, 0.1) is 17.7 Å². The number of aromatic nitrogens is 1. The van der Waals surface area contributed by atoms with Gasteiger partial charge in [0.05, 0.1) is 18.5 Å². The van der Waals surface area contributed by atoms with Crippen molar-refractivity contribution in [2.75, 3.05) is 6.61 Å². The molecule has 31 heavy (non-hydrogen) atoms. The fourth-order valence-electron chi connectivity index (χ4n) is 3.34. The highest BCUT2D eigenvalue weighted by molar-refractivity contribution is 5.84. The molecule has 0 saturated heterocycles. The van der Waals surface area contributed by atoms with E-state index in [-0.39, 0.29) is 5.82 Å². The molecule has 0 atom stereocenters. The van der Waals surface area contributed by atoms with E-state index < -0.39 is 0 Å². The molecule has 0 aliphatic carbocycles. The minimum Gasteiger partial charge on any atom is -0.492 e. The normalized spacial score (nSPS) is 10.5. The van der Waals surface area contributed by atoms with Crippen LogP contribution in [-0.2, 0) is 0 Å². The molecule has 1 aromatic heterocycles. The van der Waals surface area contributed by atoms with Crippen LogP contribution in [0.4, 0.5) is 4.39 Å². The van der Waals surface area contributed by atoms with E-state index >= 15 is 0 Å². The molecule has 3 aromatic carbocycles. The zero-order chi connectivity index (χ0) is 21.5. The molecular formula is C28H24FNO. The Morgan fingerprint density at radius 3 is 2.32 bits per heavy atom. The monoisotopic (exact) mass is 409 g/mol. The van der Waals surface area contributed by atoms with Crippen LogP contribution in [0.3, 0.4) is 0 Å². The van der Waals surface area contributed by atoms with E-state index in [0.29, 0.717) is 0 Å². The molecule has 2 nitrogen and oxygen atoms in total. The Morgan fingerprint density at radius 1 is 0.806 bits per heavy atom. The third kappa shape index (κ3) is 5.49. The van der Waals surface area contributed by atoms with E-state index in [1.807, 2.05) is 54.6 Å². The zero-order valence-electron chi connectivity index (χ0n) is 17.6. The summed E-state index contributed by atoms with van der Waals surface area (Å²) in [5.74, 6) is 6.96. The lowest BCUT2D eigenvalue weighted by atomic mass is 10.1. The number of benzene rings is 3. The van der Waals surface area contributed by atoms with Crippen LogP contribution in [0.1, 0.15) is 37.3 Å². The predicted octanol–water partition coefficient (Wildman–Crippen LogP) is 7.01. The van der Waals surface area contributed by atoms with E-state index in [4.69, 9.17) is 4.74 Å². The van der Waals surface area contributed by atoms with Gasteiger partial charge in [-0.1, -0.05) is 55.9 Å². The topological polar surface area (TPSA) is 22.1 Å². The molecule has 0 radical (unpaired) electrons. The van der Waals surface area contributed by atoms with Crippen molar-refractivity contribution in [1.29, 1.82) is 0 Å². The van der Waals surface area contributed by atoms with Gasteiger partial charge in [-0.05, 0) is 65.7 Å². The minimum absolute atomic E-state index is 0.227. The standard InChI is InChI=1S/C28H24FNO/c1-2-3-4-17-31-27-15-16-28(30-20-27)23-10-7-21(8-11-23)5-6-22-9-12-25-19-26(29)14-13-24(25)18-22/h7-16,18-20H,2-4,17H2,1H3. The Kier molecular flexibility index (Phi) is 6.59. The highest BCUT2D eigenvalue weighted by Crippen LogP contribution is 2.21. The highest BCUT2D eigenvalue weighted by atomic mass is 19.1. The van der Waals surface area contributed by atoms with Gasteiger partial charge >= 0.3 is 0 Å². The van der Waals surface area contributed by atoms with E-state index in [2.05, 4.69) is 23.7 Å². The van der Waals surface area contributed by atoms with Crippen LogP contribution in [-0.4, -0.2) is 11.6 Å². The molecule has 0 N–H and O–H groups in total. The molecular weight excluding hydrogens is 385 g/mol. The number of rotatable bonds is 6. The van der Waals surface area contributed by atoms with Gasteiger partial charge in [0, 0.05) is 16.7 Å². The molecule has 0 fully saturated rings. The Morgan fingerprint density at radius 2 is 1.55 bits per heavy atom. The smallest absolute Gasteiger partial charge is 0.137 e. The van der Waals surface area contributed by atoms with Gasteiger partial charge in [0.15, 0.2) is 0 Å². The molecule has 0 spiro atoms. The zero-order valence-corrected chi connectivity index (χ0v) is 17.6. The van der Waals surface area contributed by atoms with E-state index in [1.54, 1.807) is 12.3 Å². The van der Waals surface area contributed by atoms with Crippen molar-refractivity contribution in [3.8, 4) is 28.8 Å². The van der Waals surface area contributed by atoms with Crippen molar-refractivity contribution in [3.05, 3.63) is 95.9 Å². The van der Waals surface area contributed by atoms with Crippen molar-refractivity contribution in [2.24, 2.45) is 0 Å². The molecule has 0 saturated carbocycles. The van der Waals surface area contributed by atoms with Crippen molar-refractivity contribution in [2.45, 2.75) is 26.2 Å². The molecule has 0 unspecified atom stereocenters. The first-order chi connectivity index (χ1) is 15.2. The third-order valence-electron chi connectivity index (χ3n) is 5.09. The lowest BCUT2D eigenvalue weighted by molar-refractivity contribution is 0.305. The Hall–Kier alpha value is -3.64. The fraction of sp³-hybridized carbons (Fsp3) is 0.179. The summed E-state index contributed by atoms with van der Waals surface area (Å²) >= 11 is 0. The van der Waals surface area contributed by atoms with Gasteiger partial charge in [0.1, 0.15) is 11.6 Å². The van der Waals surface area contributed by atoms with E-state index in [0.717, 1.165) is 51.9 Å². The number of hydrogen-bond donors (Lipinski definition) is 0. The van der Waals surface area contributed by atoms with Crippen molar-refractivity contribution in [3.63, 3.8) is 0 Å². The van der Waals surface area contributed by atoms with E-state index in [9.17, 15) is 4.39 Å². The largest absolute Gasteiger partial charge is 0.492 e. The summed E-state index contributed by atoms with van der Waals surface area (Å²) in [5.41, 5.74) is 3.77. The molecule has 0 amide bonds. The van der Waals surface area contributed by atoms with E-state index in [1.165, 1.54) is 25.0 Å². The molecule has 1 heterocycles. The number of nitrogens with zero attached hydrogens (tertiary/aromatic N) is 1. The van der Waals surface area contributed by atoms with Crippen LogP contribution < -0.4 is 4.74 Å². The van der Waals surface area contributed by atoms with Gasteiger partial charge in [0.25, 0.3) is 0 Å². The van der Waals surface area contributed by atoms with Crippen LogP contribution in [0.25, 0.3) is 22.0 Å². The Balaban J connectivity index is 1.42. The second kappa shape index (κ2) is 9.91. The van der Waals surface area contributed by atoms with Gasteiger partial charge in [-0.3, -0.25) is 4.98 Å². The van der Waals surface area contributed by atoms with Gasteiger partial charge in [0.2, 0.25) is 0 Å². The van der Waals surface area contributed by atoms with Crippen molar-refractivity contribution in [1.82, 2.24) is 4.98 Å². The number of hydrogen-bond acceptors (Lipinski definition) is 2. The van der Waals surface area contributed by atoms with Crippen LogP contribution in [0.15, 0.2) is 79.0 Å². The predicted molar refractivity (Wildman–Crippen MR) is 125 cm³/mol. The first-order valence-corrected chi connectivity index (χ1v) is 10.6. The number of ether oxygens (including phenoxy) is 1. The average molecular weight is 410 g/mol. The summed E-state index contributed by atoms with van der Waals surface area (Å²) in [6, 6.07) is 22.6. The number of pyridine rings is 1. The quantitative estimate of drug-likeness (QED) is 0.252. The molecule has 4 aromatic rings. The first-order valence-electron chi connectivity index (χ1n) is 10.6. The lowest BCUT2D eigenvalue weighted by Gasteiger charge is -2.06. The second-order valence-electron chi connectivity index (χ2n) is 7.47. The summed E-state index contributed by atoms with van der Waals surface area (Å²) in [7, 11) is 0. The third-order valence-corrected chi connectivity index (χ3v) is 5.09. The number of unbranched alkanes of at least 4 members (excludes halogenated alkanes) is 2. The number of halogens is 1. The summed E-state index contributed by atoms with van der Waals surface area (Å²) in [5, 5.41) is 1.85. The lowest BCUT2D eigenvalue weighted by Crippen LogP contribution is -1.97. The molecule has 0 aliphatic rings. The fourth-order valence-corrected chi connectivity index (χ4v) is 3.34. The molecule has 0 bridgehead atoms. The van der Waals surface area contributed by atoms with Crippen molar-refractivity contribution >= 4 is 10.8 Å². The average Bonchev–Trinajstić information content (AvgIpc) is 2.81. The summed E-state index contributed by atoms with van der Waals surface area (Å²) in [6.07, 6.45) is 5.21. The molecule has 154 valence electrons. The van der Waals surface area contributed by atoms with Gasteiger partial charge in [-0.25, -0.2) is 4.39 Å². The second-order valence-corrected chi connectivity index (χ2v) is 7.47. The summed E-state index contributed by atoms with van der Waals surface area (Å²) in [6.45, 7) is 2.91. The maximum Gasteiger partial charge on any atom is 0.137 e. The summed E-state index contributed by atoms with van der Waals surface area (Å²) < 4.78 is 19.0. The maximum atomic E-state index is 13.3. The molecule has 0 aliphatic heterocycles. The van der Waals surface area contributed by atoms with Crippen LogP contribution in [0.5, 0.6) is 5.75 Å². The summed E-state index contributed by atoms with van der Waals surface area (Å²) in [4.78, 5) is 4.52. The molecule has 4 rings (SSSR count). The Bertz CT molecular complexity index is 1220. The van der Waals surface area contributed by atoms with Gasteiger partial charge < -0.3 is 4.74 Å². The highest BCUT2D eigenvalue weighted by Gasteiger charge is 2.01. The maximum absolute atomic E-state index is 13.3. The Labute approximate surface area is 182 Å². The van der Waals surface area contributed by atoms with Gasteiger partial charge in [-0.15, -0.1) is 0 Å². The molecule has 3 heteroatoms. The number of fused-ring (bicyclic) bond motifs is 1. The SMILES string of the molecule is CCCCCOc1ccc(-c2ccc(C#Cc3ccc4cc(F)ccc4c3)cc2)nc1. The van der Waals surface area contributed by atoms with Crippen molar-refractivity contribution < 1.29 is 9.13 Å². The van der Waals surface area contributed by atoms with Gasteiger partial charge in [-0.2, -0.15) is 0 Å². The van der Waals surface area contributed by atoms with Crippen LogP contribution in [0.2, 0.25) is 0 Å². The first kappa shape index (κ1) is 20.6.